The Morgan fingerprint density at radius 1 is 1.53 bits per heavy atom. The van der Waals surface area contributed by atoms with Gasteiger partial charge in [-0.1, -0.05) is 6.92 Å². The average molecular weight is 268 g/mol. The molecule has 1 aromatic rings. The SMILES string of the molecule is CCCNc1ncc(F)c(OCCN(C)C2CC2)n1. The van der Waals surface area contributed by atoms with E-state index in [4.69, 9.17) is 4.74 Å². The predicted octanol–water partition coefficient (Wildman–Crippen LogP) is 1.91. The van der Waals surface area contributed by atoms with E-state index in [0.717, 1.165) is 25.7 Å². The van der Waals surface area contributed by atoms with Crippen LogP contribution in [0.15, 0.2) is 6.20 Å². The molecule has 1 aromatic heterocycles. The zero-order valence-electron chi connectivity index (χ0n) is 11.5. The maximum absolute atomic E-state index is 13.5. The van der Waals surface area contributed by atoms with Crippen LogP contribution in [0.3, 0.4) is 0 Å². The summed E-state index contributed by atoms with van der Waals surface area (Å²) in [5.74, 6) is -0.0808. The Labute approximate surface area is 113 Å². The second-order valence-electron chi connectivity index (χ2n) is 4.83. The van der Waals surface area contributed by atoms with Gasteiger partial charge < -0.3 is 15.0 Å². The summed E-state index contributed by atoms with van der Waals surface area (Å²) in [6.45, 7) is 4.02. The van der Waals surface area contributed by atoms with Gasteiger partial charge >= 0.3 is 0 Å². The summed E-state index contributed by atoms with van der Waals surface area (Å²) in [6, 6.07) is 0.681. The van der Waals surface area contributed by atoms with Gasteiger partial charge in [0.1, 0.15) is 6.61 Å². The highest BCUT2D eigenvalue weighted by molar-refractivity contribution is 5.28. The van der Waals surface area contributed by atoms with Crippen molar-refractivity contribution in [1.82, 2.24) is 14.9 Å². The van der Waals surface area contributed by atoms with Crippen LogP contribution in [-0.2, 0) is 0 Å². The second kappa shape index (κ2) is 6.65. The van der Waals surface area contributed by atoms with Crippen LogP contribution < -0.4 is 10.1 Å². The number of likely N-dealkylation sites (N-methyl/N-ethyl adjacent to an activating group) is 1. The highest BCUT2D eigenvalue weighted by atomic mass is 19.1. The van der Waals surface area contributed by atoms with Crippen LogP contribution in [0, 0.1) is 5.82 Å². The summed E-state index contributed by atoms with van der Waals surface area (Å²) in [6.07, 6.45) is 4.61. The van der Waals surface area contributed by atoms with Gasteiger partial charge in [0.2, 0.25) is 11.8 Å². The van der Waals surface area contributed by atoms with Crippen LogP contribution >= 0.6 is 0 Å². The van der Waals surface area contributed by atoms with Gasteiger partial charge in [0, 0.05) is 19.1 Å². The molecule has 1 heterocycles. The maximum Gasteiger partial charge on any atom is 0.255 e. The lowest BCUT2D eigenvalue weighted by Crippen LogP contribution is -2.26. The maximum atomic E-state index is 13.5. The van der Waals surface area contributed by atoms with Crippen molar-refractivity contribution in [3.63, 3.8) is 0 Å². The first-order valence-electron chi connectivity index (χ1n) is 6.80. The molecular weight excluding hydrogens is 247 g/mol. The highest BCUT2D eigenvalue weighted by Crippen LogP contribution is 2.24. The average Bonchev–Trinajstić information content (AvgIpc) is 3.23. The molecule has 1 aliphatic rings. The number of halogens is 1. The molecule has 0 aromatic carbocycles. The second-order valence-corrected chi connectivity index (χ2v) is 4.83. The van der Waals surface area contributed by atoms with Gasteiger partial charge in [-0.15, -0.1) is 0 Å². The van der Waals surface area contributed by atoms with Crippen LogP contribution in [0.1, 0.15) is 26.2 Å². The number of hydrogen-bond donors (Lipinski definition) is 1. The molecule has 0 radical (unpaired) electrons. The van der Waals surface area contributed by atoms with Crippen LogP contribution in [0.5, 0.6) is 5.88 Å². The Bertz CT molecular complexity index is 412. The van der Waals surface area contributed by atoms with Crippen molar-refractivity contribution >= 4 is 5.95 Å². The molecule has 106 valence electrons. The summed E-state index contributed by atoms with van der Waals surface area (Å²) in [7, 11) is 2.06. The fraction of sp³-hybridized carbons (Fsp3) is 0.692. The molecule has 0 aliphatic heterocycles. The lowest BCUT2D eigenvalue weighted by Gasteiger charge is -2.15. The van der Waals surface area contributed by atoms with Gasteiger partial charge in [-0.05, 0) is 26.3 Å². The summed E-state index contributed by atoms with van der Waals surface area (Å²) in [5.41, 5.74) is 0. The first kappa shape index (κ1) is 14.0. The van der Waals surface area contributed by atoms with Gasteiger partial charge in [0.15, 0.2) is 0 Å². The van der Waals surface area contributed by atoms with Gasteiger partial charge in [0.25, 0.3) is 5.88 Å². The van der Waals surface area contributed by atoms with E-state index in [9.17, 15) is 4.39 Å². The standard InChI is InChI=1S/C13H21FN4O/c1-3-6-15-13-16-9-11(14)12(17-13)19-8-7-18(2)10-4-5-10/h9-10H,3-8H2,1-2H3,(H,15,16,17). The van der Waals surface area contributed by atoms with Crippen molar-refractivity contribution in [2.24, 2.45) is 0 Å². The summed E-state index contributed by atoms with van der Waals surface area (Å²) in [5, 5.41) is 3.01. The molecule has 1 N–H and O–H groups in total. The van der Waals surface area contributed by atoms with E-state index < -0.39 is 5.82 Å². The van der Waals surface area contributed by atoms with Crippen molar-refractivity contribution in [3.8, 4) is 5.88 Å². The van der Waals surface area contributed by atoms with E-state index in [0.29, 0.717) is 18.6 Å². The van der Waals surface area contributed by atoms with Crippen LogP contribution in [0.25, 0.3) is 0 Å². The molecule has 0 atom stereocenters. The Balaban J connectivity index is 1.83. The number of aromatic nitrogens is 2. The molecule has 6 heteroatoms. The van der Waals surface area contributed by atoms with Gasteiger partial charge in [-0.25, -0.2) is 4.98 Å². The van der Waals surface area contributed by atoms with E-state index in [1.54, 1.807) is 0 Å². The molecule has 5 nitrogen and oxygen atoms in total. The van der Waals surface area contributed by atoms with E-state index in [-0.39, 0.29) is 5.88 Å². The number of ether oxygens (including phenoxy) is 1. The zero-order chi connectivity index (χ0) is 13.7. The highest BCUT2D eigenvalue weighted by Gasteiger charge is 2.25. The molecule has 0 spiro atoms. The minimum absolute atomic E-state index is 0.0257. The zero-order valence-corrected chi connectivity index (χ0v) is 11.5. The van der Waals surface area contributed by atoms with Crippen LogP contribution in [0.2, 0.25) is 0 Å². The third-order valence-electron chi connectivity index (χ3n) is 3.10. The Morgan fingerprint density at radius 2 is 2.32 bits per heavy atom. The van der Waals surface area contributed by atoms with Crippen molar-refractivity contribution in [3.05, 3.63) is 12.0 Å². The topological polar surface area (TPSA) is 50.3 Å². The lowest BCUT2D eigenvalue weighted by molar-refractivity contribution is 0.219. The number of rotatable bonds is 8. The van der Waals surface area contributed by atoms with E-state index >= 15 is 0 Å². The molecule has 0 amide bonds. The number of hydrogen-bond acceptors (Lipinski definition) is 5. The number of nitrogens with zero attached hydrogens (tertiary/aromatic N) is 3. The molecule has 1 aliphatic carbocycles. The molecule has 1 fully saturated rings. The molecule has 19 heavy (non-hydrogen) atoms. The fourth-order valence-corrected chi connectivity index (χ4v) is 1.76. The van der Waals surface area contributed by atoms with Crippen molar-refractivity contribution in [1.29, 1.82) is 0 Å². The quantitative estimate of drug-likeness (QED) is 0.780. The summed E-state index contributed by atoms with van der Waals surface area (Å²) < 4.78 is 18.9. The first-order chi connectivity index (χ1) is 9.20. The van der Waals surface area contributed by atoms with E-state index in [1.807, 2.05) is 6.92 Å². The van der Waals surface area contributed by atoms with Gasteiger partial charge in [0.05, 0.1) is 6.20 Å². The van der Waals surface area contributed by atoms with Gasteiger partial charge in [-0.3, -0.25) is 0 Å². The number of anilines is 1. The van der Waals surface area contributed by atoms with Crippen LogP contribution in [-0.4, -0.2) is 47.7 Å². The van der Waals surface area contributed by atoms with Crippen LogP contribution in [0.4, 0.5) is 10.3 Å². The molecule has 2 rings (SSSR count). The fourth-order valence-electron chi connectivity index (χ4n) is 1.76. The van der Waals surface area contributed by atoms with Crippen molar-refractivity contribution < 1.29 is 9.13 Å². The summed E-state index contributed by atoms with van der Waals surface area (Å²) in [4.78, 5) is 10.1. The molecule has 0 unspecified atom stereocenters. The van der Waals surface area contributed by atoms with Gasteiger partial charge in [-0.2, -0.15) is 9.37 Å². The first-order valence-corrected chi connectivity index (χ1v) is 6.80. The normalized spacial score (nSPS) is 14.7. The van der Waals surface area contributed by atoms with E-state index in [1.165, 1.54) is 12.8 Å². The molecule has 0 saturated heterocycles. The molecule has 1 saturated carbocycles. The largest absolute Gasteiger partial charge is 0.474 e. The third kappa shape index (κ3) is 4.31. The van der Waals surface area contributed by atoms with E-state index in [2.05, 4.69) is 27.2 Å². The minimum Gasteiger partial charge on any atom is -0.474 e. The lowest BCUT2D eigenvalue weighted by atomic mass is 10.5. The van der Waals surface area contributed by atoms with Crippen molar-refractivity contribution in [2.75, 3.05) is 32.1 Å². The monoisotopic (exact) mass is 268 g/mol. The smallest absolute Gasteiger partial charge is 0.255 e. The Morgan fingerprint density at radius 3 is 3.00 bits per heavy atom. The Kier molecular flexibility index (Phi) is 4.90. The molecular formula is C13H21FN4O. The number of nitrogens with one attached hydrogen (secondary N) is 1. The predicted molar refractivity (Wildman–Crippen MR) is 71.9 cm³/mol. The third-order valence-corrected chi connectivity index (χ3v) is 3.10. The van der Waals surface area contributed by atoms with Crippen molar-refractivity contribution in [2.45, 2.75) is 32.2 Å². The summed E-state index contributed by atoms with van der Waals surface area (Å²) >= 11 is 0. The Hall–Kier alpha value is -1.43. The minimum atomic E-state index is -0.517. The molecule has 0 bridgehead atoms.